The van der Waals surface area contributed by atoms with E-state index in [2.05, 4.69) is 20.2 Å². The lowest BCUT2D eigenvalue weighted by molar-refractivity contribution is 0.0637. The molecule has 5 rings (SSSR count). The van der Waals surface area contributed by atoms with Crippen molar-refractivity contribution < 1.29 is 9.21 Å². The molecule has 1 amide bonds. The summed E-state index contributed by atoms with van der Waals surface area (Å²) in [5, 5.41) is 3.89. The van der Waals surface area contributed by atoms with Crippen LogP contribution in [0, 0.1) is 0 Å². The van der Waals surface area contributed by atoms with Crippen LogP contribution in [-0.2, 0) is 13.0 Å². The predicted molar refractivity (Wildman–Crippen MR) is 139 cm³/mol. The van der Waals surface area contributed by atoms with Gasteiger partial charge in [0.1, 0.15) is 5.52 Å². The van der Waals surface area contributed by atoms with Crippen LogP contribution in [0.3, 0.4) is 0 Å². The summed E-state index contributed by atoms with van der Waals surface area (Å²) in [5.41, 5.74) is 4.19. The van der Waals surface area contributed by atoms with E-state index in [4.69, 9.17) is 16.0 Å². The maximum absolute atomic E-state index is 13.7. The normalized spacial score (nSPS) is 14.2. The number of oxazole rings is 1. The second-order valence-electron chi connectivity index (χ2n) is 9.08. The summed E-state index contributed by atoms with van der Waals surface area (Å²) in [6.07, 6.45) is 10.1. The molecule has 4 aromatic rings. The van der Waals surface area contributed by atoms with Crippen molar-refractivity contribution in [3.8, 4) is 0 Å². The van der Waals surface area contributed by atoms with Crippen molar-refractivity contribution in [2.45, 2.75) is 51.1 Å². The van der Waals surface area contributed by atoms with Gasteiger partial charge in [-0.1, -0.05) is 43.0 Å². The number of nitrogens with zero attached hydrogens (tertiary/aromatic N) is 3. The summed E-state index contributed by atoms with van der Waals surface area (Å²) in [6.45, 7) is 1.24. The van der Waals surface area contributed by atoms with Crippen LogP contribution in [0.15, 0.2) is 71.4 Å². The topological polar surface area (TPSA) is 71.3 Å². The molecule has 0 radical (unpaired) electrons. The van der Waals surface area contributed by atoms with E-state index in [9.17, 15) is 4.79 Å². The molecule has 2 heterocycles. The van der Waals surface area contributed by atoms with E-state index < -0.39 is 0 Å². The first-order valence-corrected chi connectivity index (χ1v) is 12.6. The Balaban J connectivity index is 1.32. The number of hydrogen-bond acceptors (Lipinski definition) is 5. The molecule has 35 heavy (non-hydrogen) atoms. The van der Waals surface area contributed by atoms with Gasteiger partial charge in [0.2, 0.25) is 0 Å². The fraction of sp³-hybridized carbons (Fsp3) is 0.321. The maximum atomic E-state index is 13.7. The van der Waals surface area contributed by atoms with Crippen molar-refractivity contribution >= 4 is 34.6 Å². The Kier molecular flexibility index (Phi) is 7.28. The third-order valence-corrected chi connectivity index (χ3v) is 6.87. The van der Waals surface area contributed by atoms with Crippen LogP contribution in [0.2, 0.25) is 5.02 Å². The Morgan fingerprint density at radius 3 is 2.66 bits per heavy atom. The van der Waals surface area contributed by atoms with Crippen molar-refractivity contribution in [1.82, 2.24) is 14.9 Å². The fourth-order valence-electron chi connectivity index (χ4n) is 4.77. The fourth-order valence-corrected chi connectivity index (χ4v) is 4.98. The Morgan fingerprint density at radius 1 is 1.03 bits per heavy atom. The van der Waals surface area contributed by atoms with Gasteiger partial charge in [0, 0.05) is 42.1 Å². The van der Waals surface area contributed by atoms with Crippen LogP contribution in [0.5, 0.6) is 0 Å². The van der Waals surface area contributed by atoms with Crippen LogP contribution in [0.4, 0.5) is 6.01 Å². The quantitative estimate of drug-likeness (QED) is 0.306. The molecule has 1 N–H and O–H groups in total. The van der Waals surface area contributed by atoms with Crippen LogP contribution < -0.4 is 5.32 Å². The number of aromatic nitrogens is 2. The zero-order chi connectivity index (χ0) is 24.0. The van der Waals surface area contributed by atoms with Gasteiger partial charge in [-0.15, -0.1) is 0 Å². The van der Waals surface area contributed by atoms with Gasteiger partial charge in [-0.25, -0.2) is 0 Å². The van der Waals surface area contributed by atoms with Gasteiger partial charge in [0.25, 0.3) is 11.9 Å². The monoisotopic (exact) mass is 488 g/mol. The second kappa shape index (κ2) is 10.9. The summed E-state index contributed by atoms with van der Waals surface area (Å²) >= 11 is 6.07. The summed E-state index contributed by atoms with van der Waals surface area (Å²) in [5.74, 6) is 0.0595. The highest BCUT2D eigenvalue weighted by atomic mass is 35.5. The molecule has 1 aliphatic rings. The molecule has 0 atom stereocenters. The van der Waals surface area contributed by atoms with E-state index in [0.717, 1.165) is 24.8 Å². The molecule has 0 spiro atoms. The van der Waals surface area contributed by atoms with Gasteiger partial charge >= 0.3 is 0 Å². The van der Waals surface area contributed by atoms with Gasteiger partial charge in [0.05, 0.1) is 0 Å². The summed E-state index contributed by atoms with van der Waals surface area (Å²) in [6, 6.07) is 17.9. The highest BCUT2D eigenvalue weighted by Gasteiger charge is 2.26. The SMILES string of the molecule is O=C(c1ccc2oc(NCc3cccc(Cl)c3)nc2c1)N(CCc1ccncc1)C1CCCCC1. The van der Waals surface area contributed by atoms with Gasteiger partial charge in [-0.3, -0.25) is 9.78 Å². The zero-order valence-electron chi connectivity index (χ0n) is 19.6. The molecule has 0 unspecified atom stereocenters. The van der Waals surface area contributed by atoms with Crippen molar-refractivity contribution in [2.24, 2.45) is 0 Å². The number of carbonyl (C=O) groups is 1. The lowest BCUT2D eigenvalue weighted by Crippen LogP contribution is -2.42. The average Bonchev–Trinajstić information content (AvgIpc) is 3.31. The lowest BCUT2D eigenvalue weighted by atomic mass is 9.93. The van der Waals surface area contributed by atoms with Crippen LogP contribution in [0.25, 0.3) is 11.1 Å². The molecule has 2 aromatic heterocycles. The Bertz CT molecular complexity index is 1280. The molecule has 0 aliphatic heterocycles. The first-order valence-electron chi connectivity index (χ1n) is 12.2. The third-order valence-electron chi connectivity index (χ3n) is 6.63. The summed E-state index contributed by atoms with van der Waals surface area (Å²) < 4.78 is 5.85. The van der Waals surface area contributed by atoms with E-state index >= 15 is 0 Å². The number of halogens is 1. The van der Waals surface area contributed by atoms with Crippen molar-refractivity contribution in [1.29, 1.82) is 0 Å². The molecule has 6 nitrogen and oxygen atoms in total. The molecule has 1 aliphatic carbocycles. The van der Waals surface area contributed by atoms with E-state index in [-0.39, 0.29) is 11.9 Å². The highest BCUT2D eigenvalue weighted by molar-refractivity contribution is 6.30. The number of rotatable bonds is 8. The van der Waals surface area contributed by atoms with Gasteiger partial charge in [-0.05, 0) is 72.9 Å². The van der Waals surface area contributed by atoms with E-state index in [1.165, 1.54) is 24.8 Å². The van der Waals surface area contributed by atoms with Crippen molar-refractivity contribution in [2.75, 3.05) is 11.9 Å². The third kappa shape index (κ3) is 5.82. The molecular weight excluding hydrogens is 460 g/mol. The predicted octanol–water partition coefficient (Wildman–Crippen LogP) is 6.51. The number of hydrogen-bond donors (Lipinski definition) is 1. The largest absolute Gasteiger partial charge is 0.424 e. The average molecular weight is 489 g/mol. The molecule has 7 heteroatoms. The molecule has 1 saturated carbocycles. The van der Waals surface area contributed by atoms with Gasteiger partial charge in [0.15, 0.2) is 5.58 Å². The molecule has 180 valence electrons. The maximum Gasteiger partial charge on any atom is 0.295 e. The molecule has 0 saturated heterocycles. The van der Waals surface area contributed by atoms with Crippen LogP contribution in [-0.4, -0.2) is 33.4 Å². The number of nitrogens with one attached hydrogen (secondary N) is 1. The Hall–Kier alpha value is -3.38. The molecule has 1 fully saturated rings. The number of carbonyl (C=O) groups excluding carboxylic acids is 1. The van der Waals surface area contributed by atoms with E-state index in [0.29, 0.717) is 40.8 Å². The number of anilines is 1. The number of pyridine rings is 1. The first kappa shape index (κ1) is 23.4. The Morgan fingerprint density at radius 2 is 1.86 bits per heavy atom. The van der Waals surface area contributed by atoms with Crippen LogP contribution in [0.1, 0.15) is 53.6 Å². The van der Waals surface area contributed by atoms with E-state index in [1.54, 1.807) is 12.4 Å². The summed E-state index contributed by atoms with van der Waals surface area (Å²) in [7, 11) is 0. The number of fused-ring (bicyclic) bond motifs is 1. The van der Waals surface area contributed by atoms with Crippen molar-refractivity contribution in [3.05, 3.63) is 88.7 Å². The minimum atomic E-state index is 0.0595. The number of amides is 1. The van der Waals surface area contributed by atoms with Gasteiger partial charge < -0.3 is 14.6 Å². The molecule has 2 aromatic carbocycles. The lowest BCUT2D eigenvalue weighted by Gasteiger charge is -2.34. The van der Waals surface area contributed by atoms with E-state index in [1.807, 2.05) is 54.6 Å². The smallest absolute Gasteiger partial charge is 0.295 e. The highest BCUT2D eigenvalue weighted by Crippen LogP contribution is 2.26. The van der Waals surface area contributed by atoms with Gasteiger partial charge in [-0.2, -0.15) is 4.98 Å². The molecular formula is C28H29ClN4O2. The zero-order valence-corrected chi connectivity index (χ0v) is 20.4. The second-order valence-corrected chi connectivity index (χ2v) is 9.52. The van der Waals surface area contributed by atoms with Crippen molar-refractivity contribution in [3.63, 3.8) is 0 Å². The first-order chi connectivity index (χ1) is 17.2. The van der Waals surface area contributed by atoms with Crippen LogP contribution >= 0.6 is 11.6 Å². The number of benzene rings is 2. The summed E-state index contributed by atoms with van der Waals surface area (Å²) in [4.78, 5) is 24.4. The molecule has 0 bridgehead atoms. The minimum Gasteiger partial charge on any atom is -0.424 e. The standard InChI is InChI=1S/C28H29ClN4O2/c29-23-6-4-5-21(17-23)19-31-28-32-25-18-22(9-10-26(25)35-28)27(34)33(24-7-2-1-3-8-24)16-13-20-11-14-30-15-12-20/h4-6,9-12,14-15,17-18,24H,1-3,7-8,13,16,19H2,(H,31,32). The minimum absolute atomic E-state index is 0.0595. The Labute approximate surface area is 210 Å².